The first kappa shape index (κ1) is 14.8. The normalized spacial score (nSPS) is 12.2. The molecule has 1 atom stereocenters. The molecule has 2 aromatic heterocycles. The van der Waals surface area contributed by atoms with Crippen LogP contribution in [0.5, 0.6) is 0 Å². The molecule has 0 aliphatic rings. The van der Waals surface area contributed by atoms with Crippen LogP contribution in [-0.2, 0) is 6.54 Å². The first-order valence-electron chi connectivity index (χ1n) is 6.67. The molecule has 7 heteroatoms. The Hall–Kier alpha value is -1.63. The number of nitrogens with one attached hydrogen (secondary N) is 2. The molecule has 0 spiro atoms. The standard InChI is InChI=1S/C13H19BrN6/c1-3-4-16-12-11(14)13(18-8-17-12)19-10(2)7-20-6-5-15-9-20/h5-6,8-10H,3-4,7H2,1-2H3,(H2,16,17,18,19). The first-order chi connectivity index (χ1) is 9.70. The molecule has 0 aliphatic heterocycles. The molecule has 2 heterocycles. The van der Waals surface area contributed by atoms with Crippen molar-refractivity contribution < 1.29 is 0 Å². The summed E-state index contributed by atoms with van der Waals surface area (Å²) in [6, 6.07) is 0.231. The number of rotatable bonds is 7. The van der Waals surface area contributed by atoms with Crippen molar-refractivity contribution in [3.63, 3.8) is 0 Å². The van der Waals surface area contributed by atoms with Gasteiger partial charge in [0.05, 0.1) is 6.33 Å². The summed E-state index contributed by atoms with van der Waals surface area (Å²) in [5.74, 6) is 1.62. The Morgan fingerprint density at radius 1 is 1.35 bits per heavy atom. The first-order valence-corrected chi connectivity index (χ1v) is 7.46. The Bertz CT molecular complexity index is 528. The Morgan fingerprint density at radius 3 is 2.85 bits per heavy atom. The second-order valence-electron chi connectivity index (χ2n) is 4.62. The summed E-state index contributed by atoms with van der Waals surface area (Å²) in [6.45, 7) is 5.94. The molecular formula is C13H19BrN6. The van der Waals surface area contributed by atoms with Gasteiger partial charge >= 0.3 is 0 Å². The number of halogens is 1. The molecule has 20 heavy (non-hydrogen) atoms. The van der Waals surface area contributed by atoms with Crippen LogP contribution in [0.25, 0.3) is 0 Å². The molecule has 6 nitrogen and oxygen atoms in total. The van der Waals surface area contributed by atoms with Crippen molar-refractivity contribution in [3.05, 3.63) is 29.5 Å². The number of hydrogen-bond donors (Lipinski definition) is 2. The van der Waals surface area contributed by atoms with E-state index in [9.17, 15) is 0 Å². The lowest BCUT2D eigenvalue weighted by Gasteiger charge is -2.17. The lowest BCUT2D eigenvalue weighted by atomic mass is 10.3. The summed E-state index contributed by atoms with van der Waals surface area (Å²) in [7, 11) is 0. The fraction of sp³-hybridized carbons (Fsp3) is 0.462. The largest absolute Gasteiger partial charge is 0.369 e. The van der Waals surface area contributed by atoms with Gasteiger partial charge in [-0.2, -0.15) is 0 Å². The van der Waals surface area contributed by atoms with Crippen molar-refractivity contribution in [2.45, 2.75) is 32.9 Å². The van der Waals surface area contributed by atoms with Crippen molar-refractivity contribution >= 4 is 27.6 Å². The third-order valence-corrected chi connectivity index (χ3v) is 3.51. The van der Waals surface area contributed by atoms with Crippen molar-refractivity contribution in [2.75, 3.05) is 17.2 Å². The van der Waals surface area contributed by atoms with Crippen LogP contribution in [0.15, 0.2) is 29.5 Å². The van der Waals surface area contributed by atoms with E-state index in [0.717, 1.165) is 35.6 Å². The number of aromatic nitrogens is 4. The number of imidazole rings is 1. The highest BCUT2D eigenvalue weighted by molar-refractivity contribution is 9.10. The molecular weight excluding hydrogens is 320 g/mol. The summed E-state index contributed by atoms with van der Waals surface area (Å²) in [4.78, 5) is 12.6. The van der Waals surface area contributed by atoms with Gasteiger partial charge in [0.25, 0.3) is 0 Å². The maximum absolute atomic E-state index is 4.28. The average Bonchev–Trinajstić information content (AvgIpc) is 2.92. The summed E-state index contributed by atoms with van der Waals surface area (Å²) in [5, 5.41) is 6.65. The molecule has 0 amide bonds. The van der Waals surface area contributed by atoms with E-state index in [1.165, 1.54) is 0 Å². The highest BCUT2D eigenvalue weighted by atomic mass is 79.9. The predicted molar refractivity (Wildman–Crippen MR) is 83.8 cm³/mol. The zero-order valence-corrected chi connectivity index (χ0v) is 13.3. The molecule has 0 radical (unpaired) electrons. The minimum atomic E-state index is 0.231. The highest BCUT2D eigenvalue weighted by Crippen LogP contribution is 2.26. The molecule has 0 saturated carbocycles. The number of anilines is 2. The molecule has 0 saturated heterocycles. The summed E-state index contributed by atoms with van der Waals surface area (Å²) < 4.78 is 2.90. The molecule has 0 bridgehead atoms. The highest BCUT2D eigenvalue weighted by Gasteiger charge is 2.11. The van der Waals surface area contributed by atoms with Gasteiger partial charge in [-0.05, 0) is 29.3 Å². The lowest BCUT2D eigenvalue weighted by Crippen LogP contribution is -2.22. The van der Waals surface area contributed by atoms with Gasteiger partial charge in [-0.15, -0.1) is 0 Å². The van der Waals surface area contributed by atoms with E-state index in [4.69, 9.17) is 0 Å². The zero-order valence-electron chi connectivity index (χ0n) is 11.7. The van der Waals surface area contributed by atoms with Crippen molar-refractivity contribution in [1.82, 2.24) is 19.5 Å². The molecule has 1 unspecified atom stereocenters. The van der Waals surface area contributed by atoms with Gasteiger partial charge in [-0.1, -0.05) is 6.92 Å². The fourth-order valence-corrected chi connectivity index (χ4v) is 2.29. The monoisotopic (exact) mass is 338 g/mol. The van der Waals surface area contributed by atoms with Crippen LogP contribution in [0.1, 0.15) is 20.3 Å². The Kier molecular flexibility index (Phi) is 5.34. The van der Waals surface area contributed by atoms with Crippen LogP contribution in [0.3, 0.4) is 0 Å². The molecule has 2 aromatic rings. The molecule has 0 aliphatic carbocycles. The van der Waals surface area contributed by atoms with E-state index in [2.05, 4.69) is 55.4 Å². The van der Waals surface area contributed by atoms with Gasteiger partial charge in [-0.25, -0.2) is 15.0 Å². The van der Waals surface area contributed by atoms with Crippen LogP contribution < -0.4 is 10.6 Å². The van der Waals surface area contributed by atoms with Crippen LogP contribution in [0.2, 0.25) is 0 Å². The topological polar surface area (TPSA) is 67.7 Å². The second kappa shape index (κ2) is 7.23. The van der Waals surface area contributed by atoms with Crippen LogP contribution in [0, 0.1) is 0 Å². The molecule has 2 N–H and O–H groups in total. The minimum Gasteiger partial charge on any atom is -0.369 e. The molecule has 108 valence electrons. The van der Waals surface area contributed by atoms with Gasteiger partial charge in [0, 0.05) is 31.5 Å². The Labute approximate surface area is 127 Å². The quantitative estimate of drug-likeness (QED) is 0.812. The molecule has 0 fully saturated rings. The van der Waals surface area contributed by atoms with E-state index in [0.29, 0.717) is 0 Å². The van der Waals surface area contributed by atoms with E-state index in [-0.39, 0.29) is 6.04 Å². The van der Waals surface area contributed by atoms with Gasteiger partial charge in [0.15, 0.2) is 0 Å². The zero-order chi connectivity index (χ0) is 14.4. The van der Waals surface area contributed by atoms with Gasteiger partial charge in [0.1, 0.15) is 22.4 Å². The van der Waals surface area contributed by atoms with Crippen molar-refractivity contribution in [2.24, 2.45) is 0 Å². The molecule has 0 aromatic carbocycles. The summed E-state index contributed by atoms with van der Waals surface area (Å²) >= 11 is 3.55. The third-order valence-electron chi connectivity index (χ3n) is 2.76. The summed E-state index contributed by atoms with van der Waals surface area (Å²) in [5.41, 5.74) is 0. The summed E-state index contributed by atoms with van der Waals surface area (Å²) in [6.07, 6.45) is 8.15. The van der Waals surface area contributed by atoms with Crippen LogP contribution in [-0.4, -0.2) is 32.1 Å². The van der Waals surface area contributed by atoms with E-state index >= 15 is 0 Å². The molecule has 2 rings (SSSR count). The fourth-order valence-electron chi connectivity index (χ4n) is 1.83. The van der Waals surface area contributed by atoms with E-state index < -0.39 is 0 Å². The van der Waals surface area contributed by atoms with Gasteiger partial charge in [-0.3, -0.25) is 0 Å². The van der Waals surface area contributed by atoms with Crippen LogP contribution in [0.4, 0.5) is 11.6 Å². The van der Waals surface area contributed by atoms with Crippen molar-refractivity contribution in [1.29, 1.82) is 0 Å². The third kappa shape index (κ3) is 3.93. The van der Waals surface area contributed by atoms with E-state index in [1.54, 1.807) is 18.9 Å². The Balaban J connectivity index is 2.01. The van der Waals surface area contributed by atoms with Crippen molar-refractivity contribution in [3.8, 4) is 0 Å². The van der Waals surface area contributed by atoms with Gasteiger partial charge in [0.2, 0.25) is 0 Å². The maximum Gasteiger partial charge on any atom is 0.146 e. The van der Waals surface area contributed by atoms with E-state index in [1.807, 2.05) is 10.8 Å². The second-order valence-corrected chi connectivity index (χ2v) is 5.41. The smallest absolute Gasteiger partial charge is 0.146 e. The SMILES string of the molecule is CCCNc1ncnc(NC(C)Cn2ccnc2)c1Br. The average molecular weight is 339 g/mol. The number of nitrogens with zero attached hydrogens (tertiary/aromatic N) is 4. The predicted octanol–water partition coefficient (Wildman–Crippen LogP) is 2.76. The maximum atomic E-state index is 4.28. The lowest BCUT2D eigenvalue weighted by molar-refractivity contribution is 0.616. The number of hydrogen-bond acceptors (Lipinski definition) is 5. The van der Waals surface area contributed by atoms with Crippen LogP contribution >= 0.6 is 15.9 Å². The van der Waals surface area contributed by atoms with Gasteiger partial charge < -0.3 is 15.2 Å². The Morgan fingerprint density at radius 2 is 2.15 bits per heavy atom. The minimum absolute atomic E-state index is 0.231.